The van der Waals surface area contributed by atoms with Crippen LogP contribution in [0.3, 0.4) is 0 Å². The van der Waals surface area contributed by atoms with Gasteiger partial charge in [-0.2, -0.15) is 5.26 Å². The van der Waals surface area contributed by atoms with Crippen molar-refractivity contribution in [3.63, 3.8) is 0 Å². The molecule has 0 aromatic rings. The second-order valence-electron chi connectivity index (χ2n) is 3.51. The van der Waals surface area contributed by atoms with Crippen molar-refractivity contribution in [3.8, 4) is 18.4 Å². The fraction of sp³-hybridized carbons (Fsp3) is 0.636. The third-order valence-corrected chi connectivity index (χ3v) is 1.59. The molecular formula is C11H15NO2. The van der Waals surface area contributed by atoms with Crippen molar-refractivity contribution < 1.29 is 9.53 Å². The topological polar surface area (TPSA) is 50.1 Å². The molecule has 3 heteroatoms. The molecular weight excluding hydrogens is 178 g/mol. The fourth-order valence-electron chi connectivity index (χ4n) is 0.855. The summed E-state index contributed by atoms with van der Waals surface area (Å²) in [6.07, 6.45) is 7.59. The standard InChI is InChI=1S/C11H15NO2/c1-4-5-6-7-8-10(13)14-11(2,3)9-12/h1H,5-8H2,2-3H3. The fourth-order valence-corrected chi connectivity index (χ4v) is 0.855. The van der Waals surface area contributed by atoms with E-state index in [0.717, 1.165) is 6.42 Å². The minimum absolute atomic E-state index is 0.326. The lowest BCUT2D eigenvalue weighted by molar-refractivity contribution is -0.152. The molecule has 76 valence electrons. The van der Waals surface area contributed by atoms with Gasteiger partial charge >= 0.3 is 5.97 Å². The third-order valence-electron chi connectivity index (χ3n) is 1.59. The molecule has 0 aliphatic rings. The molecule has 0 aromatic carbocycles. The lowest BCUT2D eigenvalue weighted by Crippen LogP contribution is -2.25. The van der Waals surface area contributed by atoms with Crippen LogP contribution in [-0.4, -0.2) is 11.6 Å². The number of hydrogen-bond donors (Lipinski definition) is 0. The summed E-state index contributed by atoms with van der Waals surface area (Å²) in [7, 11) is 0. The van der Waals surface area contributed by atoms with Gasteiger partial charge in [0.2, 0.25) is 0 Å². The molecule has 0 N–H and O–H groups in total. The zero-order valence-electron chi connectivity index (χ0n) is 8.67. The highest BCUT2D eigenvalue weighted by molar-refractivity contribution is 5.70. The molecule has 0 aromatic heterocycles. The molecule has 0 rings (SSSR count). The first-order valence-corrected chi connectivity index (χ1v) is 4.58. The van der Waals surface area contributed by atoms with Gasteiger partial charge in [0.25, 0.3) is 0 Å². The summed E-state index contributed by atoms with van der Waals surface area (Å²) in [4.78, 5) is 11.2. The van der Waals surface area contributed by atoms with Crippen LogP contribution in [0, 0.1) is 23.7 Å². The number of esters is 1. The van der Waals surface area contributed by atoms with Gasteiger partial charge in [-0.1, -0.05) is 0 Å². The van der Waals surface area contributed by atoms with Gasteiger partial charge in [0, 0.05) is 12.8 Å². The van der Waals surface area contributed by atoms with Crippen molar-refractivity contribution in [1.29, 1.82) is 5.26 Å². The Morgan fingerprint density at radius 1 is 1.50 bits per heavy atom. The van der Waals surface area contributed by atoms with E-state index in [1.54, 1.807) is 13.8 Å². The van der Waals surface area contributed by atoms with E-state index in [9.17, 15) is 4.79 Å². The molecule has 0 aliphatic carbocycles. The summed E-state index contributed by atoms with van der Waals surface area (Å²) in [5, 5.41) is 8.60. The number of nitrogens with zero attached hydrogens (tertiary/aromatic N) is 1. The van der Waals surface area contributed by atoms with Gasteiger partial charge in [0.05, 0.1) is 0 Å². The van der Waals surface area contributed by atoms with Crippen molar-refractivity contribution in [1.82, 2.24) is 0 Å². The van der Waals surface area contributed by atoms with Crippen LogP contribution >= 0.6 is 0 Å². The third kappa shape index (κ3) is 6.08. The SMILES string of the molecule is C#CCCCCC(=O)OC(C)(C)C#N. The maximum atomic E-state index is 11.2. The zero-order valence-corrected chi connectivity index (χ0v) is 8.67. The van der Waals surface area contributed by atoms with Crippen LogP contribution in [0.2, 0.25) is 0 Å². The van der Waals surface area contributed by atoms with Crippen LogP contribution < -0.4 is 0 Å². The molecule has 0 unspecified atom stereocenters. The number of rotatable bonds is 5. The highest BCUT2D eigenvalue weighted by atomic mass is 16.6. The first-order chi connectivity index (χ1) is 6.52. The van der Waals surface area contributed by atoms with E-state index in [2.05, 4.69) is 5.92 Å². The summed E-state index contributed by atoms with van der Waals surface area (Å²) >= 11 is 0. The Bertz CT molecular complexity index is 268. The van der Waals surface area contributed by atoms with Crippen LogP contribution in [0.5, 0.6) is 0 Å². The predicted octanol–water partition coefficient (Wildman–Crippen LogP) is 2.03. The number of terminal acetylenes is 1. The zero-order chi connectivity index (χ0) is 11.0. The van der Waals surface area contributed by atoms with E-state index in [-0.39, 0.29) is 5.97 Å². The van der Waals surface area contributed by atoms with E-state index >= 15 is 0 Å². The summed E-state index contributed by atoms with van der Waals surface area (Å²) in [6.45, 7) is 3.12. The largest absolute Gasteiger partial charge is 0.444 e. The van der Waals surface area contributed by atoms with E-state index < -0.39 is 5.60 Å². The minimum atomic E-state index is -1.02. The molecule has 3 nitrogen and oxygen atoms in total. The van der Waals surface area contributed by atoms with Crippen LogP contribution in [0.1, 0.15) is 39.5 Å². The maximum absolute atomic E-state index is 11.2. The van der Waals surface area contributed by atoms with E-state index in [4.69, 9.17) is 16.4 Å². The van der Waals surface area contributed by atoms with Crippen molar-refractivity contribution in [2.24, 2.45) is 0 Å². The number of hydrogen-bond acceptors (Lipinski definition) is 3. The van der Waals surface area contributed by atoms with Crippen LogP contribution in [-0.2, 0) is 9.53 Å². The molecule has 0 heterocycles. The van der Waals surface area contributed by atoms with E-state index in [1.165, 1.54) is 0 Å². The molecule has 0 saturated carbocycles. The number of carbonyl (C=O) groups excluding carboxylic acids is 1. The van der Waals surface area contributed by atoms with E-state index in [1.807, 2.05) is 6.07 Å². The Morgan fingerprint density at radius 3 is 2.64 bits per heavy atom. The molecule has 0 amide bonds. The lowest BCUT2D eigenvalue weighted by atomic mass is 10.1. The Balaban J connectivity index is 3.68. The summed E-state index contributed by atoms with van der Waals surface area (Å²) < 4.78 is 4.92. The lowest BCUT2D eigenvalue weighted by Gasteiger charge is -2.16. The quantitative estimate of drug-likeness (QED) is 0.381. The van der Waals surface area contributed by atoms with Crippen LogP contribution in [0.15, 0.2) is 0 Å². The number of nitriles is 1. The molecule has 0 saturated heterocycles. The van der Waals surface area contributed by atoms with Gasteiger partial charge < -0.3 is 4.74 Å². The van der Waals surface area contributed by atoms with Crippen molar-refractivity contribution >= 4 is 5.97 Å². The highest BCUT2D eigenvalue weighted by Crippen LogP contribution is 2.10. The summed E-state index contributed by atoms with van der Waals surface area (Å²) in [5.74, 6) is 2.16. The number of unbranched alkanes of at least 4 members (excludes halogenated alkanes) is 2. The van der Waals surface area contributed by atoms with Gasteiger partial charge in [-0.25, -0.2) is 0 Å². The maximum Gasteiger partial charge on any atom is 0.307 e. The first-order valence-electron chi connectivity index (χ1n) is 4.58. The second-order valence-corrected chi connectivity index (χ2v) is 3.51. The minimum Gasteiger partial charge on any atom is -0.444 e. The molecule has 0 spiro atoms. The Hall–Kier alpha value is -1.48. The monoisotopic (exact) mass is 193 g/mol. The van der Waals surface area contributed by atoms with Gasteiger partial charge in [-0.3, -0.25) is 4.79 Å². The van der Waals surface area contributed by atoms with Crippen molar-refractivity contribution in [3.05, 3.63) is 0 Å². The van der Waals surface area contributed by atoms with Gasteiger partial charge in [-0.05, 0) is 26.7 Å². The molecule has 0 atom stereocenters. The molecule has 14 heavy (non-hydrogen) atoms. The van der Waals surface area contributed by atoms with Gasteiger partial charge in [0.1, 0.15) is 6.07 Å². The first kappa shape index (κ1) is 12.5. The Kier molecular flexibility index (Phi) is 5.41. The molecule has 0 fully saturated rings. The summed E-state index contributed by atoms with van der Waals surface area (Å²) in [6, 6.07) is 1.90. The molecule has 0 bridgehead atoms. The average Bonchev–Trinajstić information content (AvgIpc) is 2.12. The van der Waals surface area contributed by atoms with Crippen LogP contribution in [0.25, 0.3) is 0 Å². The number of ether oxygens (including phenoxy) is 1. The summed E-state index contributed by atoms with van der Waals surface area (Å²) in [5.41, 5.74) is -1.02. The Morgan fingerprint density at radius 2 is 2.14 bits per heavy atom. The van der Waals surface area contributed by atoms with Gasteiger partial charge in [0.15, 0.2) is 5.60 Å². The smallest absolute Gasteiger partial charge is 0.307 e. The second kappa shape index (κ2) is 6.05. The molecule has 0 aliphatic heterocycles. The number of carbonyl (C=O) groups is 1. The van der Waals surface area contributed by atoms with Crippen LogP contribution in [0.4, 0.5) is 0 Å². The molecule has 0 radical (unpaired) electrons. The normalized spacial score (nSPS) is 10.0. The predicted molar refractivity (Wildman–Crippen MR) is 53.1 cm³/mol. The average molecular weight is 193 g/mol. The Labute approximate surface area is 85.1 Å². The highest BCUT2D eigenvalue weighted by Gasteiger charge is 2.21. The van der Waals surface area contributed by atoms with Gasteiger partial charge in [-0.15, -0.1) is 12.3 Å². The van der Waals surface area contributed by atoms with Crippen molar-refractivity contribution in [2.75, 3.05) is 0 Å². The van der Waals surface area contributed by atoms with Crippen molar-refractivity contribution in [2.45, 2.75) is 45.1 Å². The van der Waals surface area contributed by atoms with E-state index in [0.29, 0.717) is 19.3 Å².